The van der Waals surface area contributed by atoms with Crippen molar-refractivity contribution in [2.24, 2.45) is 0 Å². The Morgan fingerprint density at radius 1 is 1.00 bits per heavy atom. The minimum atomic E-state index is -0.526. The Labute approximate surface area is 114 Å². The molecule has 0 nitrogen and oxygen atoms in total. The maximum absolute atomic E-state index is 13.8. The molecule has 0 amide bonds. The van der Waals surface area contributed by atoms with Crippen LogP contribution >= 0.6 is 15.9 Å². The molecule has 0 saturated carbocycles. The summed E-state index contributed by atoms with van der Waals surface area (Å²) in [5.41, 5.74) is 2.97. The van der Waals surface area contributed by atoms with E-state index in [1.165, 1.54) is 0 Å². The Kier molecular flexibility index (Phi) is 3.81. The summed E-state index contributed by atoms with van der Waals surface area (Å²) in [5.74, 6) is -1.04. The number of rotatable bonds is 2. The van der Waals surface area contributed by atoms with Gasteiger partial charge < -0.3 is 0 Å². The molecule has 0 aliphatic heterocycles. The quantitative estimate of drug-likeness (QED) is 0.680. The van der Waals surface area contributed by atoms with Crippen LogP contribution in [0.2, 0.25) is 0 Å². The van der Waals surface area contributed by atoms with Gasteiger partial charge in [-0.1, -0.05) is 45.8 Å². The van der Waals surface area contributed by atoms with Gasteiger partial charge in [0.05, 0.1) is 4.83 Å². The molecule has 0 aliphatic rings. The van der Waals surface area contributed by atoms with Crippen molar-refractivity contribution >= 4 is 15.9 Å². The van der Waals surface area contributed by atoms with E-state index in [4.69, 9.17) is 0 Å². The van der Waals surface area contributed by atoms with Gasteiger partial charge in [0, 0.05) is 11.6 Å². The zero-order chi connectivity index (χ0) is 13.3. The van der Waals surface area contributed by atoms with Crippen molar-refractivity contribution in [3.05, 3.63) is 70.3 Å². The van der Waals surface area contributed by atoms with E-state index in [2.05, 4.69) is 15.9 Å². The molecular weight excluding hydrogens is 298 g/mol. The van der Waals surface area contributed by atoms with Gasteiger partial charge in [0.15, 0.2) is 0 Å². The molecule has 0 aliphatic carbocycles. The molecule has 1 unspecified atom stereocenters. The van der Waals surface area contributed by atoms with Gasteiger partial charge in [0.2, 0.25) is 0 Å². The van der Waals surface area contributed by atoms with E-state index in [0.29, 0.717) is 11.1 Å². The summed E-state index contributed by atoms with van der Waals surface area (Å²) in [6.45, 7) is 3.61. The fourth-order valence-corrected chi connectivity index (χ4v) is 2.52. The van der Waals surface area contributed by atoms with Gasteiger partial charge in [-0.25, -0.2) is 8.78 Å². The highest BCUT2D eigenvalue weighted by molar-refractivity contribution is 9.09. The van der Waals surface area contributed by atoms with Gasteiger partial charge >= 0.3 is 0 Å². The van der Waals surface area contributed by atoms with Gasteiger partial charge in [-0.05, 0) is 31.0 Å². The average molecular weight is 311 g/mol. The molecule has 0 saturated heterocycles. The lowest BCUT2D eigenvalue weighted by molar-refractivity contribution is 0.569. The molecule has 3 heteroatoms. The first-order chi connectivity index (χ1) is 8.49. The highest BCUT2D eigenvalue weighted by atomic mass is 79.9. The Bertz CT molecular complexity index is 579. The zero-order valence-electron chi connectivity index (χ0n) is 10.2. The lowest BCUT2D eigenvalue weighted by Crippen LogP contribution is -1.99. The van der Waals surface area contributed by atoms with Crippen LogP contribution in [0.25, 0.3) is 0 Å². The minimum Gasteiger partial charge on any atom is -0.207 e. The van der Waals surface area contributed by atoms with E-state index in [1.807, 2.05) is 31.2 Å². The normalized spacial score (nSPS) is 12.5. The second-order valence-corrected chi connectivity index (χ2v) is 5.32. The predicted molar refractivity (Wildman–Crippen MR) is 73.0 cm³/mol. The first-order valence-corrected chi connectivity index (χ1v) is 6.57. The Hall–Kier alpha value is -1.22. The van der Waals surface area contributed by atoms with Crippen molar-refractivity contribution in [3.63, 3.8) is 0 Å². The van der Waals surface area contributed by atoms with Crippen LogP contribution in [0.1, 0.15) is 27.1 Å². The summed E-state index contributed by atoms with van der Waals surface area (Å²) in [6.07, 6.45) is 0. The van der Waals surface area contributed by atoms with Gasteiger partial charge in [0.1, 0.15) is 11.6 Å². The minimum absolute atomic E-state index is 0.267. The Morgan fingerprint density at radius 2 is 1.72 bits per heavy atom. The molecule has 94 valence electrons. The summed E-state index contributed by atoms with van der Waals surface area (Å²) in [5, 5.41) is 0. The maximum Gasteiger partial charge on any atom is 0.130 e. The molecule has 0 heterocycles. The summed E-state index contributed by atoms with van der Waals surface area (Å²) in [6, 6.07) is 10.3. The second-order valence-electron chi connectivity index (χ2n) is 4.40. The monoisotopic (exact) mass is 310 g/mol. The third-order valence-electron chi connectivity index (χ3n) is 2.89. The smallest absolute Gasteiger partial charge is 0.130 e. The first kappa shape index (κ1) is 13.2. The van der Waals surface area contributed by atoms with E-state index in [0.717, 1.165) is 17.2 Å². The molecule has 0 radical (unpaired) electrons. The van der Waals surface area contributed by atoms with Gasteiger partial charge in [-0.15, -0.1) is 0 Å². The fourth-order valence-electron chi connectivity index (χ4n) is 1.88. The molecule has 1 atom stereocenters. The predicted octanol–water partition coefficient (Wildman–Crippen LogP) is 5.07. The largest absolute Gasteiger partial charge is 0.207 e. The number of hydrogen-bond acceptors (Lipinski definition) is 0. The molecule has 2 aromatic rings. The first-order valence-electron chi connectivity index (χ1n) is 5.65. The molecule has 2 aromatic carbocycles. The standard InChI is InChI=1S/C15H13BrF2/c1-9-4-3-5-11(6-9)15(16)12-7-10(2)13(17)8-14(12)18/h3-8,15H,1-2H3. The van der Waals surface area contributed by atoms with Gasteiger partial charge in [-0.2, -0.15) is 0 Å². The van der Waals surface area contributed by atoms with Gasteiger partial charge in [0.25, 0.3) is 0 Å². The lowest BCUT2D eigenvalue weighted by atomic mass is 10.0. The van der Waals surface area contributed by atoms with E-state index in [9.17, 15) is 8.78 Å². The summed E-state index contributed by atoms with van der Waals surface area (Å²) < 4.78 is 27.0. The topological polar surface area (TPSA) is 0 Å². The summed E-state index contributed by atoms with van der Waals surface area (Å²) >= 11 is 3.48. The number of alkyl halides is 1. The van der Waals surface area contributed by atoms with Crippen LogP contribution in [0.3, 0.4) is 0 Å². The molecule has 0 bridgehead atoms. The molecule has 0 fully saturated rings. The molecule has 0 spiro atoms. The molecule has 2 rings (SSSR count). The molecular formula is C15H13BrF2. The van der Waals surface area contributed by atoms with Crippen molar-refractivity contribution in [3.8, 4) is 0 Å². The van der Waals surface area contributed by atoms with Crippen molar-refractivity contribution in [1.82, 2.24) is 0 Å². The van der Waals surface area contributed by atoms with Crippen LogP contribution in [0.15, 0.2) is 36.4 Å². The van der Waals surface area contributed by atoms with Crippen molar-refractivity contribution in [2.45, 2.75) is 18.7 Å². The highest BCUT2D eigenvalue weighted by Crippen LogP contribution is 2.33. The third kappa shape index (κ3) is 2.61. The summed E-state index contributed by atoms with van der Waals surface area (Å²) in [7, 11) is 0. The van der Waals surface area contributed by atoms with Crippen LogP contribution in [-0.2, 0) is 0 Å². The van der Waals surface area contributed by atoms with Crippen molar-refractivity contribution < 1.29 is 8.78 Å². The Balaban J connectivity index is 2.46. The molecule has 0 aromatic heterocycles. The Morgan fingerprint density at radius 3 is 2.39 bits per heavy atom. The van der Waals surface area contributed by atoms with Crippen LogP contribution in [0.5, 0.6) is 0 Å². The van der Waals surface area contributed by atoms with Crippen LogP contribution in [0.4, 0.5) is 8.78 Å². The van der Waals surface area contributed by atoms with Crippen molar-refractivity contribution in [2.75, 3.05) is 0 Å². The zero-order valence-corrected chi connectivity index (χ0v) is 11.8. The average Bonchev–Trinajstić information content (AvgIpc) is 2.33. The number of aryl methyl sites for hydroxylation is 2. The van der Waals surface area contributed by atoms with Gasteiger partial charge in [-0.3, -0.25) is 0 Å². The number of halogens is 3. The fraction of sp³-hybridized carbons (Fsp3) is 0.200. The van der Waals surface area contributed by atoms with E-state index in [-0.39, 0.29) is 4.83 Å². The van der Waals surface area contributed by atoms with Crippen LogP contribution in [-0.4, -0.2) is 0 Å². The van der Waals surface area contributed by atoms with E-state index >= 15 is 0 Å². The van der Waals surface area contributed by atoms with Crippen molar-refractivity contribution in [1.29, 1.82) is 0 Å². The maximum atomic E-state index is 13.8. The summed E-state index contributed by atoms with van der Waals surface area (Å²) in [4.78, 5) is -0.267. The lowest BCUT2D eigenvalue weighted by Gasteiger charge is -2.13. The van der Waals surface area contributed by atoms with E-state index < -0.39 is 11.6 Å². The number of benzene rings is 2. The number of hydrogen-bond donors (Lipinski definition) is 0. The highest BCUT2D eigenvalue weighted by Gasteiger charge is 2.16. The SMILES string of the molecule is Cc1cccc(C(Br)c2cc(C)c(F)cc2F)c1. The third-order valence-corrected chi connectivity index (χ3v) is 3.91. The van der Waals surface area contributed by atoms with Crippen LogP contribution < -0.4 is 0 Å². The molecule has 0 N–H and O–H groups in total. The second kappa shape index (κ2) is 5.19. The van der Waals surface area contributed by atoms with Crippen LogP contribution in [0, 0.1) is 25.5 Å². The van der Waals surface area contributed by atoms with E-state index in [1.54, 1.807) is 13.0 Å². The molecule has 18 heavy (non-hydrogen) atoms.